The lowest BCUT2D eigenvalue weighted by atomic mass is 10.0. The molecule has 2 aromatic rings. The highest BCUT2D eigenvalue weighted by Crippen LogP contribution is 2.22. The van der Waals surface area contributed by atoms with Gasteiger partial charge in [0, 0.05) is 19.4 Å². The van der Waals surface area contributed by atoms with Gasteiger partial charge in [-0.2, -0.15) is 0 Å². The molecule has 0 aromatic heterocycles. The number of ether oxygens (including phenoxy) is 1. The number of phenols is 1. The molecule has 7 amide bonds. The summed E-state index contributed by atoms with van der Waals surface area (Å²) < 4.78 is 6.05. The van der Waals surface area contributed by atoms with E-state index in [1.807, 2.05) is 30.3 Å². The number of carbonyl (C=O) groups excluding carboxylic acids is 8. The lowest BCUT2D eigenvalue weighted by Gasteiger charge is -2.31. The molecular formula is C46H65N7O10. The molecule has 4 rings (SSSR count). The number of phenolic OH excluding ortho intramolecular Hbond substituents is 1. The Bertz CT molecular complexity index is 1910. The summed E-state index contributed by atoms with van der Waals surface area (Å²) in [5, 5.41) is 23.2. The first-order valence-electron chi connectivity index (χ1n) is 22.0. The van der Waals surface area contributed by atoms with Gasteiger partial charge in [0.1, 0.15) is 48.1 Å². The lowest BCUT2D eigenvalue weighted by Crippen LogP contribution is -2.60. The molecule has 2 fully saturated rings. The predicted octanol–water partition coefficient (Wildman–Crippen LogP) is 2.07. The van der Waals surface area contributed by atoms with Crippen molar-refractivity contribution in [2.75, 3.05) is 6.54 Å². The highest BCUT2D eigenvalue weighted by atomic mass is 16.5. The van der Waals surface area contributed by atoms with Crippen molar-refractivity contribution in [3.05, 3.63) is 65.7 Å². The van der Waals surface area contributed by atoms with Crippen molar-refractivity contribution in [2.24, 2.45) is 17.6 Å². The molecule has 0 aliphatic carbocycles. The average molecular weight is 876 g/mol. The standard InChI is InChI=1S/C46H65N7O10/c1-27(2)13-8-6-11-16-33-25-39(56)49-35(23-30-14-9-7-10-15-30)45(61)53-22-12-17-37(53)43(59)48-29(5)41(57)52-40(28(3)4)44(60)50-34(26-38(47)55)42(58)51-36(46(62)63-33)24-31-18-20-32(54)21-19-31/h7,9-10,14-15,18-21,27-29,33-37,40,54H,6,8,11-13,16-17,22-26H2,1-5H3,(H2,47,55)(H,48,59)(H,49,56)(H,50,60)(H,51,58)(H,52,57). The fraction of sp³-hybridized carbons (Fsp3) is 0.565. The van der Waals surface area contributed by atoms with Gasteiger partial charge in [0.15, 0.2) is 0 Å². The van der Waals surface area contributed by atoms with E-state index in [2.05, 4.69) is 40.4 Å². The van der Waals surface area contributed by atoms with Gasteiger partial charge in [-0.25, -0.2) is 4.79 Å². The zero-order valence-electron chi connectivity index (χ0n) is 37.0. The van der Waals surface area contributed by atoms with E-state index in [0.29, 0.717) is 30.7 Å². The Morgan fingerprint density at radius 3 is 2.06 bits per heavy atom. The summed E-state index contributed by atoms with van der Waals surface area (Å²) in [5.41, 5.74) is 6.78. The second-order valence-corrected chi connectivity index (χ2v) is 17.4. The number of cyclic esters (lactones) is 1. The van der Waals surface area contributed by atoms with Crippen molar-refractivity contribution < 1.29 is 48.2 Å². The van der Waals surface area contributed by atoms with E-state index in [1.165, 1.54) is 24.0 Å². The maximum absolute atomic E-state index is 14.4. The second-order valence-electron chi connectivity index (χ2n) is 17.4. The van der Waals surface area contributed by atoms with Crippen molar-refractivity contribution in [3.63, 3.8) is 0 Å². The van der Waals surface area contributed by atoms with Crippen LogP contribution in [0.2, 0.25) is 0 Å². The molecule has 7 unspecified atom stereocenters. The van der Waals surface area contributed by atoms with Gasteiger partial charge in [0.25, 0.3) is 0 Å². The van der Waals surface area contributed by atoms with E-state index in [1.54, 1.807) is 26.0 Å². The van der Waals surface area contributed by atoms with Crippen molar-refractivity contribution in [3.8, 4) is 5.75 Å². The number of nitrogens with one attached hydrogen (secondary N) is 5. The van der Waals surface area contributed by atoms with Crippen LogP contribution in [0.3, 0.4) is 0 Å². The Balaban J connectivity index is 1.75. The first-order valence-corrected chi connectivity index (χ1v) is 22.0. The molecule has 0 radical (unpaired) electrons. The van der Waals surface area contributed by atoms with Crippen LogP contribution >= 0.6 is 0 Å². The summed E-state index contributed by atoms with van der Waals surface area (Å²) in [4.78, 5) is 111. The SMILES string of the molecule is CC(C)CCCCCC1CC(=O)NC(Cc2ccccc2)C(=O)N2CCCC2C(=O)NC(C)C(=O)NC(C(C)C)C(=O)NC(CC(N)=O)C(=O)NC(Cc2ccc(O)cc2)C(=O)O1. The van der Waals surface area contributed by atoms with Crippen LogP contribution in [0.25, 0.3) is 0 Å². The van der Waals surface area contributed by atoms with Gasteiger partial charge in [-0.1, -0.05) is 89.4 Å². The van der Waals surface area contributed by atoms with E-state index in [9.17, 15) is 43.5 Å². The van der Waals surface area contributed by atoms with Crippen molar-refractivity contribution in [2.45, 2.75) is 148 Å². The van der Waals surface area contributed by atoms with Crippen LogP contribution in [0.15, 0.2) is 54.6 Å². The third kappa shape index (κ3) is 15.7. The minimum absolute atomic E-state index is 0.0337. The molecule has 8 N–H and O–H groups in total. The summed E-state index contributed by atoms with van der Waals surface area (Å²) in [6.07, 6.45) is 2.33. The van der Waals surface area contributed by atoms with Crippen molar-refractivity contribution in [1.82, 2.24) is 31.5 Å². The molecule has 0 bridgehead atoms. The van der Waals surface area contributed by atoms with Crippen LogP contribution in [-0.2, 0) is 55.9 Å². The fourth-order valence-corrected chi connectivity index (χ4v) is 7.76. The largest absolute Gasteiger partial charge is 0.508 e. The predicted molar refractivity (Wildman–Crippen MR) is 233 cm³/mol. The van der Waals surface area contributed by atoms with E-state index in [4.69, 9.17) is 10.5 Å². The van der Waals surface area contributed by atoms with Gasteiger partial charge < -0.3 is 47.1 Å². The van der Waals surface area contributed by atoms with E-state index >= 15 is 0 Å². The number of hydrogen-bond acceptors (Lipinski definition) is 10. The second kappa shape index (κ2) is 24.0. The number of amides is 7. The molecule has 2 aliphatic heterocycles. The zero-order valence-corrected chi connectivity index (χ0v) is 37.0. The summed E-state index contributed by atoms with van der Waals surface area (Å²) in [5.74, 6) is -6.13. The number of nitrogens with two attached hydrogens (primary N) is 1. The van der Waals surface area contributed by atoms with Crippen LogP contribution in [0, 0.1) is 11.8 Å². The summed E-state index contributed by atoms with van der Waals surface area (Å²) in [6, 6.07) is 7.51. The van der Waals surface area contributed by atoms with Gasteiger partial charge in [0.05, 0.1) is 12.8 Å². The number of unbranched alkanes of at least 4 members (excludes halogenated alkanes) is 2. The molecule has 2 heterocycles. The van der Waals surface area contributed by atoms with Gasteiger partial charge in [0.2, 0.25) is 41.4 Å². The number of rotatable bonds is 13. The lowest BCUT2D eigenvalue weighted by molar-refractivity contribution is -0.155. The minimum atomic E-state index is -1.59. The number of carbonyl (C=O) groups is 8. The molecule has 2 saturated heterocycles. The fourth-order valence-electron chi connectivity index (χ4n) is 7.76. The molecule has 344 valence electrons. The van der Waals surface area contributed by atoms with Gasteiger partial charge in [-0.3, -0.25) is 33.6 Å². The first kappa shape index (κ1) is 49.7. The number of primary amides is 1. The van der Waals surface area contributed by atoms with Crippen LogP contribution in [-0.4, -0.2) is 106 Å². The third-order valence-electron chi connectivity index (χ3n) is 11.3. The van der Waals surface area contributed by atoms with E-state index < -0.39 is 102 Å². The molecular weight excluding hydrogens is 811 g/mol. The molecule has 2 aliphatic rings. The Hall–Kier alpha value is -6.00. The Morgan fingerprint density at radius 2 is 1.41 bits per heavy atom. The molecule has 0 spiro atoms. The minimum Gasteiger partial charge on any atom is -0.508 e. The molecule has 17 heteroatoms. The Kier molecular flexibility index (Phi) is 18.9. The van der Waals surface area contributed by atoms with Crippen LogP contribution in [0.1, 0.15) is 104 Å². The average Bonchev–Trinajstić information content (AvgIpc) is 3.72. The van der Waals surface area contributed by atoms with Crippen molar-refractivity contribution in [1.29, 1.82) is 0 Å². The summed E-state index contributed by atoms with van der Waals surface area (Å²) in [7, 11) is 0. The van der Waals surface area contributed by atoms with Crippen molar-refractivity contribution >= 4 is 47.3 Å². The van der Waals surface area contributed by atoms with E-state index in [-0.39, 0.29) is 38.0 Å². The van der Waals surface area contributed by atoms with Crippen LogP contribution in [0.5, 0.6) is 5.75 Å². The normalized spacial score (nSPS) is 24.8. The molecule has 63 heavy (non-hydrogen) atoms. The third-order valence-corrected chi connectivity index (χ3v) is 11.3. The highest BCUT2D eigenvalue weighted by Gasteiger charge is 2.40. The number of hydrogen-bond donors (Lipinski definition) is 7. The molecule has 17 nitrogen and oxygen atoms in total. The highest BCUT2D eigenvalue weighted by molar-refractivity contribution is 5.98. The number of nitrogens with zero attached hydrogens (tertiary/aromatic N) is 1. The topological polar surface area (TPSA) is 255 Å². The maximum atomic E-state index is 14.4. The van der Waals surface area contributed by atoms with Crippen LogP contribution in [0.4, 0.5) is 0 Å². The monoisotopic (exact) mass is 875 g/mol. The van der Waals surface area contributed by atoms with Crippen LogP contribution < -0.4 is 32.3 Å². The molecule has 7 atom stereocenters. The Morgan fingerprint density at radius 1 is 0.762 bits per heavy atom. The number of aromatic hydroxyl groups is 1. The van der Waals surface area contributed by atoms with Gasteiger partial charge >= 0.3 is 5.97 Å². The molecule has 2 aromatic carbocycles. The maximum Gasteiger partial charge on any atom is 0.329 e. The first-order chi connectivity index (χ1) is 29.9. The summed E-state index contributed by atoms with van der Waals surface area (Å²) >= 11 is 0. The van der Waals surface area contributed by atoms with Gasteiger partial charge in [-0.15, -0.1) is 0 Å². The number of esters is 1. The number of benzene rings is 2. The zero-order chi connectivity index (χ0) is 46.2. The Labute approximate surface area is 369 Å². The van der Waals surface area contributed by atoms with E-state index in [0.717, 1.165) is 24.8 Å². The quantitative estimate of drug-likeness (QED) is 0.114. The number of fused-ring (bicyclic) bond motifs is 1. The molecule has 0 saturated carbocycles. The van der Waals surface area contributed by atoms with Gasteiger partial charge in [-0.05, 0) is 67.7 Å². The summed E-state index contributed by atoms with van der Waals surface area (Å²) in [6.45, 7) is 9.20. The smallest absolute Gasteiger partial charge is 0.329 e.